The van der Waals surface area contributed by atoms with Gasteiger partial charge in [0.05, 0.1) is 6.04 Å². The molecule has 4 rings (SSSR count). The van der Waals surface area contributed by atoms with Gasteiger partial charge >= 0.3 is 6.09 Å². The number of carbonyl (C=O) groups excluding carboxylic acids is 2. The quantitative estimate of drug-likeness (QED) is 0.395. The molecule has 1 heterocycles. The van der Waals surface area contributed by atoms with E-state index in [1.165, 1.54) is 4.90 Å². The summed E-state index contributed by atoms with van der Waals surface area (Å²) < 4.78 is 11.4. The van der Waals surface area contributed by atoms with Crippen LogP contribution in [0.5, 0.6) is 5.75 Å². The SMILES string of the molecule is C=CCC(c1cccc(OCc2ccccc2)c1)N1CCN(C(=O)OCc2ccccc2)CC1=O. The van der Waals surface area contributed by atoms with E-state index in [9.17, 15) is 9.59 Å². The minimum absolute atomic E-state index is 0.00847. The maximum atomic E-state index is 13.1. The van der Waals surface area contributed by atoms with Crippen LogP contribution in [0.3, 0.4) is 0 Å². The van der Waals surface area contributed by atoms with E-state index in [0.29, 0.717) is 26.1 Å². The van der Waals surface area contributed by atoms with E-state index in [2.05, 4.69) is 6.58 Å². The van der Waals surface area contributed by atoms with Gasteiger partial charge in [-0.3, -0.25) is 9.69 Å². The molecule has 3 aromatic carbocycles. The number of hydrogen-bond acceptors (Lipinski definition) is 4. The van der Waals surface area contributed by atoms with Gasteiger partial charge in [-0.2, -0.15) is 0 Å². The molecule has 180 valence electrons. The van der Waals surface area contributed by atoms with Gasteiger partial charge in [0.15, 0.2) is 0 Å². The summed E-state index contributed by atoms with van der Waals surface area (Å²) in [4.78, 5) is 28.9. The molecule has 0 aromatic heterocycles. The van der Waals surface area contributed by atoms with Crippen molar-refractivity contribution >= 4 is 12.0 Å². The summed E-state index contributed by atoms with van der Waals surface area (Å²) in [6, 6.07) is 27.1. The molecular formula is C29H30N2O4. The second kappa shape index (κ2) is 11.9. The van der Waals surface area contributed by atoms with Crippen molar-refractivity contribution in [2.45, 2.75) is 25.7 Å². The molecule has 0 aliphatic carbocycles. The maximum Gasteiger partial charge on any atom is 0.410 e. The van der Waals surface area contributed by atoms with E-state index in [1.54, 1.807) is 0 Å². The highest BCUT2D eigenvalue weighted by molar-refractivity contribution is 5.84. The number of benzene rings is 3. The fourth-order valence-electron chi connectivity index (χ4n) is 4.14. The number of nitrogens with zero attached hydrogens (tertiary/aromatic N) is 2. The molecule has 35 heavy (non-hydrogen) atoms. The van der Waals surface area contributed by atoms with Crippen LogP contribution >= 0.6 is 0 Å². The standard InChI is InChI=1S/C29H30N2O4/c1-2-10-27(25-15-9-16-26(19-25)34-21-23-11-5-3-6-12-23)31-18-17-30(20-28(31)32)29(33)35-22-24-13-7-4-8-14-24/h2-9,11-16,19,27H,1,10,17-18,20-22H2. The molecule has 1 atom stereocenters. The number of amides is 2. The van der Waals surface area contributed by atoms with E-state index in [0.717, 1.165) is 22.4 Å². The Bertz CT molecular complexity index is 1130. The number of rotatable bonds is 9. The molecule has 1 aliphatic rings. The lowest BCUT2D eigenvalue weighted by atomic mass is 10.0. The van der Waals surface area contributed by atoms with Crippen molar-refractivity contribution in [2.75, 3.05) is 19.6 Å². The van der Waals surface area contributed by atoms with Gasteiger partial charge in [-0.1, -0.05) is 78.9 Å². The third-order valence-corrected chi connectivity index (χ3v) is 5.98. The van der Waals surface area contributed by atoms with E-state index in [1.807, 2.05) is 95.9 Å². The monoisotopic (exact) mass is 470 g/mol. The molecule has 1 unspecified atom stereocenters. The van der Waals surface area contributed by atoms with E-state index < -0.39 is 6.09 Å². The lowest BCUT2D eigenvalue weighted by molar-refractivity contribution is -0.138. The molecule has 0 radical (unpaired) electrons. The average molecular weight is 471 g/mol. The first kappa shape index (κ1) is 24.1. The highest BCUT2D eigenvalue weighted by Crippen LogP contribution is 2.29. The smallest absolute Gasteiger partial charge is 0.410 e. The fourth-order valence-corrected chi connectivity index (χ4v) is 4.14. The first-order chi connectivity index (χ1) is 17.1. The topological polar surface area (TPSA) is 59.1 Å². The summed E-state index contributed by atoms with van der Waals surface area (Å²) in [5.41, 5.74) is 2.97. The summed E-state index contributed by atoms with van der Waals surface area (Å²) in [5, 5.41) is 0. The molecule has 3 aromatic rings. The summed E-state index contributed by atoms with van der Waals surface area (Å²) in [5.74, 6) is 0.631. The molecule has 0 spiro atoms. The van der Waals surface area contributed by atoms with E-state index in [-0.39, 0.29) is 25.1 Å². The molecule has 1 fully saturated rings. The predicted molar refractivity (Wildman–Crippen MR) is 135 cm³/mol. The lowest BCUT2D eigenvalue weighted by Crippen LogP contribution is -2.53. The Morgan fingerprint density at radius 3 is 2.26 bits per heavy atom. The Balaban J connectivity index is 1.38. The summed E-state index contributed by atoms with van der Waals surface area (Å²) >= 11 is 0. The molecular weight excluding hydrogens is 440 g/mol. The Hall–Kier alpha value is -4.06. The Kier molecular flexibility index (Phi) is 8.17. The van der Waals surface area contributed by atoms with Crippen molar-refractivity contribution in [1.82, 2.24) is 9.80 Å². The Morgan fingerprint density at radius 2 is 1.60 bits per heavy atom. The summed E-state index contributed by atoms with van der Waals surface area (Å²) in [6.45, 7) is 5.37. The van der Waals surface area contributed by atoms with Gasteiger partial charge in [0.1, 0.15) is 25.5 Å². The molecule has 1 aliphatic heterocycles. The second-order valence-electron chi connectivity index (χ2n) is 8.44. The van der Waals surface area contributed by atoms with Crippen LogP contribution < -0.4 is 4.74 Å². The van der Waals surface area contributed by atoms with Crippen molar-refractivity contribution in [3.05, 3.63) is 114 Å². The van der Waals surface area contributed by atoms with E-state index in [4.69, 9.17) is 9.47 Å². The van der Waals surface area contributed by atoms with Crippen LogP contribution in [0, 0.1) is 0 Å². The zero-order valence-corrected chi connectivity index (χ0v) is 19.7. The van der Waals surface area contributed by atoms with Crippen molar-refractivity contribution in [2.24, 2.45) is 0 Å². The first-order valence-corrected chi connectivity index (χ1v) is 11.8. The van der Waals surface area contributed by atoms with Crippen molar-refractivity contribution in [3.8, 4) is 5.75 Å². The zero-order valence-electron chi connectivity index (χ0n) is 19.7. The largest absolute Gasteiger partial charge is 0.489 e. The zero-order chi connectivity index (χ0) is 24.5. The Morgan fingerprint density at radius 1 is 0.914 bits per heavy atom. The number of carbonyl (C=O) groups is 2. The third-order valence-electron chi connectivity index (χ3n) is 5.98. The summed E-state index contributed by atoms with van der Waals surface area (Å²) in [7, 11) is 0. The van der Waals surface area contributed by atoms with Crippen LogP contribution in [0.25, 0.3) is 0 Å². The highest BCUT2D eigenvalue weighted by Gasteiger charge is 2.32. The van der Waals surface area contributed by atoms with Crippen LogP contribution in [0.15, 0.2) is 97.6 Å². The van der Waals surface area contributed by atoms with Crippen LogP contribution in [-0.2, 0) is 22.7 Å². The minimum Gasteiger partial charge on any atom is -0.489 e. The molecule has 6 nitrogen and oxygen atoms in total. The molecule has 0 N–H and O–H groups in total. The summed E-state index contributed by atoms with van der Waals surface area (Å²) in [6.07, 6.45) is 1.95. The number of hydrogen-bond donors (Lipinski definition) is 0. The third kappa shape index (κ3) is 6.51. The van der Waals surface area contributed by atoms with Gasteiger partial charge in [-0.25, -0.2) is 4.79 Å². The lowest BCUT2D eigenvalue weighted by Gasteiger charge is -2.38. The van der Waals surface area contributed by atoms with E-state index >= 15 is 0 Å². The van der Waals surface area contributed by atoms with Gasteiger partial charge in [0.2, 0.25) is 5.91 Å². The van der Waals surface area contributed by atoms with Gasteiger partial charge in [0.25, 0.3) is 0 Å². The second-order valence-corrected chi connectivity index (χ2v) is 8.44. The van der Waals surface area contributed by atoms with Gasteiger partial charge < -0.3 is 14.4 Å². The number of piperazine rings is 1. The van der Waals surface area contributed by atoms with Crippen LogP contribution in [0.1, 0.15) is 29.2 Å². The molecule has 6 heteroatoms. The molecule has 0 saturated carbocycles. The molecule has 0 bridgehead atoms. The van der Waals surface area contributed by atoms with Gasteiger partial charge in [-0.05, 0) is 35.2 Å². The van der Waals surface area contributed by atoms with Crippen molar-refractivity contribution in [3.63, 3.8) is 0 Å². The molecule has 2 amide bonds. The maximum absolute atomic E-state index is 13.1. The molecule has 1 saturated heterocycles. The van der Waals surface area contributed by atoms with Crippen LogP contribution in [0.4, 0.5) is 4.79 Å². The highest BCUT2D eigenvalue weighted by atomic mass is 16.6. The average Bonchev–Trinajstić information content (AvgIpc) is 2.91. The first-order valence-electron chi connectivity index (χ1n) is 11.8. The van der Waals surface area contributed by atoms with Crippen molar-refractivity contribution < 1.29 is 19.1 Å². The van der Waals surface area contributed by atoms with Gasteiger partial charge in [0, 0.05) is 13.1 Å². The van der Waals surface area contributed by atoms with Crippen LogP contribution in [0.2, 0.25) is 0 Å². The predicted octanol–water partition coefficient (Wildman–Crippen LogP) is 5.36. The normalized spacial score (nSPS) is 14.3. The Labute approximate surface area is 206 Å². The van der Waals surface area contributed by atoms with Crippen LogP contribution in [-0.4, -0.2) is 41.4 Å². The number of ether oxygens (including phenoxy) is 2. The van der Waals surface area contributed by atoms with Gasteiger partial charge in [-0.15, -0.1) is 6.58 Å². The minimum atomic E-state index is -0.474. The van der Waals surface area contributed by atoms with Crippen molar-refractivity contribution in [1.29, 1.82) is 0 Å². The fraction of sp³-hybridized carbons (Fsp3) is 0.241.